The molecule has 0 amide bonds. The lowest BCUT2D eigenvalue weighted by Gasteiger charge is -2.07. The lowest BCUT2D eigenvalue weighted by atomic mass is 10.1. The van der Waals surface area contributed by atoms with Crippen LogP contribution in [0.15, 0.2) is 36.9 Å². The van der Waals surface area contributed by atoms with Crippen molar-refractivity contribution in [3.63, 3.8) is 0 Å². The number of hydrogen-bond donors (Lipinski definition) is 1. The standard InChI is InChI=1S/C17H23N3O/c1(2-10-20-11-9-19-14-20)7-18-8-5-15-3-4-17-16(13-15)6-12-21-17/h3-4,9,11,13-14,18H,1-2,5-8,10,12H2. The highest BCUT2D eigenvalue weighted by Gasteiger charge is 2.11. The second kappa shape index (κ2) is 7.27. The maximum absolute atomic E-state index is 5.53. The number of rotatable bonds is 8. The molecule has 0 unspecified atom stereocenters. The Kier molecular flexibility index (Phi) is 4.90. The number of unbranched alkanes of at least 4 members (excludes halogenated alkanes) is 1. The van der Waals surface area contributed by atoms with Crippen LogP contribution in [0, 0.1) is 0 Å². The van der Waals surface area contributed by atoms with Gasteiger partial charge in [0.15, 0.2) is 0 Å². The van der Waals surface area contributed by atoms with Crippen LogP contribution in [0.1, 0.15) is 24.0 Å². The lowest BCUT2D eigenvalue weighted by Crippen LogP contribution is -2.18. The van der Waals surface area contributed by atoms with Gasteiger partial charge in [0.25, 0.3) is 0 Å². The third-order valence-electron chi connectivity index (χ3n) is 3.92. The Bertz CT molecular complexity index is 551. The molecule has 4 nitrogen and oxygen atoms in total. The monoisotopic (exact) mass is 285 g/mol. The van der Waals surface area contributed by atoms with Gasteiger partial charge >= 0.3 is 0 Å². The molecule has 3 rings (SSSR count). The van der Waals surface area contributed by atoms with Crippen molar-refractivity contribution >= 4 is 0 Å². The predicted octanol–water partition coefficient (Wildman–Crippen LogP) is 2.43. The molecule has 0 bridgehead atoms. The number of nitrogens with zero attached hydrogens (tertiary/aromatic N) is 2. The number of imidazole rings is 1. The van der Waals surface area contributed by atoms with Crippen LogP contribution < -0.4 is 10.1 Å². The van der Waals surface area contributed by atoms with Crippen LogP contribution in [0.4, 0.5) is 0 Å². The quantitative estimate of drug-likeness (QED) is 0.757. The van der Waals surface area contributed by atoms with Crippen LogP contribution in [-0.2, 0) is 19.4 Å². The van der Waals surface area contributed by atoms with Gasteiger partial charge in [-0.15, -0.1) is 0 Å². The van der Waals surface area contributed by atoms with Crippen molar-refractivity contribution < 1.29 is 4.74 Å². The van der Waals surface area contributed by atoms with Gasteiger partial charge in [-0.05, 0) is 49.5 Å². The van der Waals surface area contributed by atoms with Gasteiger partial charge in [-0.2, -0.15) is 0 Å². The van der Waals surface area contributed by atoms with Crippen molar-refractivity contribution in [2.45, 2.75) is 32.2 Å². The van der Waals surface area contributed by atoms with Crippen molar-refractivity contribution in [1.29, 1.82) is 0 Å². The zero-order valence-corrected chi connectivity index (χ0v) is 12.4. The largest absolute Gasteiger partial charge is 0.493 e. The number of aryl methyl sites for hydroxylation is 1. The Morgan fingerprint density at radius 2 is 2.24 bits per heavy atom. The second-order valence-corrected chi connectivity index (χ2v) is 5.55. The summed E-state index contributed by atoms with van der Waals surface area (Å²) in [5, 5.41) is 3.53. The van der Waals surface area contributed by atoms with Crippen LogP contribution in [0.2, 0.25) is 0 Å². The van der Waals surface area contributed by atoms with E-state index in [0.717, 1.165) is 44.8 Å². The van der Waals surface area contributed by atoms with E-state index in [1.165, 1.54) is 24.0 Å². The van der Waals surface area contributed by atoms with Gasteiger partial charge in [0.1, 0.15) is 5.75 Å². The Labute approximate surface area is 126 Å². The minimum Gasteiger partial charge on any atom is -0.493 e. The normalized spacial score (nSPS) is 13.1. The van der Waals surface area contributed by atoms with Crippen molar-refractivity contribution in [3.8, 4) is 5.75 Å². The molecule has 2 heterocycles. The maximum Gasteiger partial charge on any atom is 0.122 e. The molecule has 1 aromatic heterocycles. The lowest BCUT2D eigenvalue weighted by molar-refractivity contribution is 0.357. The highest BCUT2D eigenvalue weighted by molar-refractivity contribution is 5.39. The Hall–Kier alpha value is -1.81. The van der Waals surface area contributed by atoms with E-state index in [2.05, 4.69) is 33.1 Å². The molecule has 0 saturated heterocycles. The van der Waals surface area contributed by atoms with Crippen LogP contribution in [-0.4, -0.2) is 29.2 Å². The summed E-state index contributed by atoms with van der Waals surface area (Å²) >= 11 is 0. The van der Waals surface area contributed by atoms with Gasteiger partial charge in [-0.1, -0.05) is 12.1 Å². The molecule has 112 valence electrons. The average molecular weight is 285 g/mol. The minimum absolute atomic E-state index is 0.841. The van der Waals surface area contributed by atoms with Gasteiger partial charge in [-0.3, -0.25) is 0 Å². The van der Waals surface area contributed by atoms with E-state index >= 15 is 0 Å². The summed E-state index contributed by atoms with van der Waals surface area (Å²) in [6, 6.07) is 6.59. The first-order valence-electron chi connectivity index (χ1n) is 7.83. The molecule has 4 heteroatoms. The van der Waals surface area contributed by atoms with Crippen LogP contribution >= 0.6 is 0 Å². The summed E-state index contributed by atoms with van der Waals surface area (Å²) in [7, 11) is 0. The molecule has 2 aromatic rings. The first-order chi connectivity index (χ1) is 10.4. The highest BCUT2D eigenvalue weighted by Crippen LogP contribution is 2.25. The number of hydrogen-bond acceptors (Lipinski definition) is 3. The fourth-order valence-corrected chi connectivity index (χ4v) is 2.72. The summed E-state index contributed by atoms with van der Waals surface area (Å²) in [4.78, 5) is 4.05. The summed E-state index contributed by atoms with van der Waals surface area (Å²) in [5.41, 5.74) is 2.78. The summed E-state index contributed by atoms with van der Waals surface area (Å²) in [5.74, 6) is 1.08. The Morgan fingerprint density at radius 3 is 3.14 bits per heavy atom. The zero-order chi connectivity index (χ0) is 14.3. The SMILES string of the molecule is c1cn(CCCCNCCc2ccc3c(c2)CCO3)cn1. The molecule has 0 fully saturated rings. The molecular formula is C17H23N3O. The molecule has 1 aliphatic rings. The molecule has 21 heavy (non-hydrogen) atoms. The third-order valence-corrected chi connectivity index (χ3v) is 3.92. The summed E-state index contributed by atoms with van der Waals surface area (Å²) in [6.07, 6.45) is 10.3. The summed E-state index contributed by atoms with van der Waals surface area (Å²) in [6.45, 7) is 4.04. The molecule has 0 saturated carbocycles. The van der Waals surface area contributed by atoms with Crippen molar-refractivity contribution in [3.05, 3.63) is 48.0 Å². The van der Waals surface area contributed by atoms with Crippen molar-refractivity contribution in [2.75, 3.05) is 19.7 Å². The summed E-state index contributed by atoms with van der Waals surface area (Å²) < 4.78 is 7.66. The number of nitrogens with one attached hydrogen (secondary N) is 1. The molecule has 0 spiro atoms. The molecule has 0 aliphatic carbocycles. The number of aromatic nitrogens is 2. The maximum atomic E-state index is 5.53. The molecule has 1 N–H and O–H groups in total. The van der Waals surface area contributed by atoms with Crippen molar-refractivity contribution in [1.82, 2.24) is 14.9 Å². The fraction of sp³-hybridized carbons (Fsp3) is 0.471. The highest BCUT2D eigenvalue weighted by atomic mass is 16.5. The Balaban J connectivity index is 1.28. The number of ether oxygens (including phenoxy) is 1. The van der Waals surface area contributed by atoms with Gasteiger partial charge < -0.3 is 14.6 Å². The predicted molar refractivity (Wildman–Crippen MR) is 83.7 cm³/mol. The molecule has 0 atom stereocenters. The van der Waals surface area contributed by atoms with Gasteiger partial charge in [0.2, 0.25) is 0 Å². The van der Waals surface area contributed by atoms with E-state index in [-0.39, 0.29) is 0 Å². The average Bonchev–Trinajstić information content (AvgIpc) is 3.17. The van der Waals surface area contributed by atoms with Gasteiger partial charge in [-0.25, -0.2) is 4.98 Å². The molecular weight excluding hydrogens is 262 g/mol. The van der Waals surface area contributed by atoms with E-state index < -0.39 is 0 Å². The Morgan fingerprint density at radius 1 is 1.24 bits per heavy atom. The van der Waals surface area contributed by atoms with E-state index in [1.54, 1.807) is 0 Å². The van der Waals surface area contributed by atoms with Crippen LogP contribution in [0.25, 0.3) is 0 Å². The topological polar surface area (TPSA) is 39.1 Å². The van der Waals surface area contributed by atoms with Gasteiger partial charge in [0.05, 0.1) is 12.9 Å². The number of fused-ring (bicyclic) bond motifs is 1. The smallest absolute Gasteiger partial charge is 0.122 e. The number of benzene rings is 1. The van der Waals surface area contributed by atoms with Crippen LogP contribution in [0.3, 0.4) is 0 Å². The first kappa shape index (κ1) is 14.1. The molecule has 0 radical (unpaired) electrons. The first-order valence-corrected chi connectivity index (χ1v) is 7.83. The third kappa shape index (κ3) is 4.08. The van der Waals surface area contributed by atoms with Gasteiger partial charge in [0, 0.05) is 25.4 Å². The fourth-order valence-electron chi connectivity index (χ4n) is 2.72. The van der Waals surface area contributed by atoms with Crippen LogP contribution in [0.5, 0.6) is 5.75 Å². The van der Waals surface area contributed by atoms with E-state index in [1.807, 2.05) is 18.7 Å². The minimum atomic E-state index is 0.841. The van der Waals surface area contributed by atoms with E-state index in [0.29, 0.717) is 0 Å². The van der Waals surface area contributed by atoms with E-state index in [4.69, 9.17) is 4.74 Å². The second-order valence-electron chi connectivity index (χ2n) is 5.55. The molecule has 1 aliphatic heterocycles. The zero-order valence-electron chi connectivity index (χ0n) is 12.4. The van der Waals surface area contributed by atoms with Crippen molar-refractivity contribution in [2.24, 2.45) is 0 Å². The molecule has 1 aromatic carbocycles. The van der Waals surface area contributed by atoms with E-state index in [9.17, 15) is 0 Å².